The van der Waals surface area contributed by atoms with E-state index in [1.165, 1.54) is 22.5 Å². The third kappa shape index (κ3) is 3.79. The van der Waals surface area contributed by atoms with Crippen LogP contribution in [0.15, 0.2) is 48.5 Å². The Morgan fingerprint density at radius 3 is 2.19 bits per heavy atom. The number of morpholine rings is 1. The molecule has 2 aliphatic rings. The molecular formula is C23H28N2O2. The number of para-hydroxylation sites is 2. The topological polar surface area (TPSA) is 24.9 Å². The van der Waals surface area contributed by atoms with Crippen molar-refractivity contribution in [3.63, 3.8) is 0 Å². The molecule has 142 valence electrons. The van der Waals surface area contributed by atoms with Crippen molar-refractivity contribution < 1.29 is 9.47 Å². The predicted octanol–water partition coefficient (Wildman–Crippen LogP) is 4.39. The Kier molecular flexibility index (Phi) is 5.30. The average Bonchev–Trinajstić information content (AvgIpc) is 2.85. The van der Waals surface area contributed by atoms with Gasteiger partial charge in [-0.1, -0.05) is 48.6 Å². The van der Waals surface area contributed by atoms with Crippen LogP contribution < -0.4 is 4.90 Å². The van der Waals surface area contributed by atoms with Crippen molar-refractivity contribution >= 4 is 23.5 Å². The molecule has 0 aromatic heterocycles. The minimum atomic E-state index is 0.101. The van der Waals surface area contributed by atoms with Gasteiger partial charge in [0.1, 0.15) is 6.23 Å². The molecule has 2 aliphatic heterocycles. The van der Waals surface area contributed by atoms with Gasteiger partial charge in [-0.2, -0.15) is 0 Å². The van der Waals surface area contributed by atoms with Crippen molar-refractivity contribution in [1.82, 2.24) is 4.90 Å². The summed E-state index contributed by atoms with van der Waals surface area (Å²) < 4.78 is 11.9. The molecule has 0 amide bonds. The highest BCUT2D eigenvalue weighted by Gasteiger charge is 2.31. The van der Waals surface area contributed by atoms with Gasteiger partial charge < -0.3 is 14.4 Å². The standard InChI is InChI=1S/C23H28N2O2/c1-17-14-24(18(2)26-3)15-21(27-17)16-25-22-10-6-4-8-19(22)12-13-20-9-5-7-11-23(20)25/h4-13,17-18,21H,14-16H2,1-3H3. The predicted molar refractivity (Wildman–Crippen MR) is 111 cm³/mol. The second-order valence-corrected chi connectivity index (χ2v) is 7.42. The minimum absolute atomic E-state index is 0.101. The number of nitrogens with zero attached hydrogens (tertiary/aromatic N) is 2. The van der Waals surface area contributed by atoms with Crippen LogP contribution in [-0.4, -0.2) is 50.1 Å². The van der Waals surface area contributed by atoms with E-state index >= 15 is 0 Å². The van der Waals surface area contributed by atoms with Crippen LogP contribution in [0.2, 0.25) is 0 Å². The fourth-order valence-corrected chi connectivity index (χ4v) is 4.09. The van der Waals surface area contributed by atoms with Gasteiger partial charge in [-0.05, 0) is 37.1 Å². The Morgan fingerprint density at radius 2 is 1.59 bits per heavy atom. The molecule has 2 aromatic rings. The first-order chi connectivity index (χ1) is 13.2. The summed E-state index contributed by atoms with van der Waals surface area (Å²) in [6, 6.07) is 17.2. The monoisotopic (exact) mass is 364 g/mol. The summed E-state index contributed by atoms with van der Waals surface area (Å²) in [6.45, 7) is 6.84. The molecule has 27 heavy (non-hydrogen) atoms. The lowest BCUT2D eigenvalue weighted by Crippen LogP contribution is -2.53. The molecule has 4 rings (SSSR count). The van der Waals surface area contributed by atoms with E-state index in [0.717, 1.165) is 19.6 Å². The summed E-state index contributed by atoms with van der Waals surface area (Å²) in [4.78, 5) is 4.77. The Bertz CT molecular complexity index is 770. The van der Waals surface area contributed by atoms with Crippen LogP contribution in [0.5, 0.6) is 0 Å². The maximum atomic E-state index is 6.33. The molecule has 0 radical (unpaired) electrons. The molecule has 3 unspecified atom stereocenters. The first-order valence-corrected chi connectivity index (χ1v) is 9.71. The van der Waals surface area contributed by atoms with Gasteiger partial charge in [0.15, 0.2) is 0 Å². The summed E-state index contributed by atoms with van der Waals surface area (Å²) in [7, 11) is 1.77. The number of ether oxygens (including phenoxy) is 2. The lowest BCUT2D eigenvalue weighted by atomic mass is 10.1. The Balaban J connectivity index is 1.66. The number of hydrogen-bond donors (Lipinski definition) is 0. The van der Waals surface area contributed by atoms with Gasteiger partial charge in [-0.25, -0.2) is 0 Å². The van der Waals surface area contributed by atoms with E-state index in [1.54, 1.807) is 7.11 Å². The first-order valence-electron chi connectivity index (χ1n) is 9.71. The highest BCUT2D eigenvalue weighted by molar-refractivity contribution is 5.88. The highest BCUT2D eigenvalue weighted by atomic mass is 16.5. The number of methoxy groups -OCH3 is 1. The molecule has 0 aliphatic carbocycles. The summed E-state index contributed by atoms with van der Waals surface area (Å²) in [6.07, 6.45) is 4.82. The molecule has 0 N–H and O–H groups in total. The number of fused-ring (bicyclic) bond motifs is 2. The Hall–Kier alpha value is -2.14. The zero-order valence-corrected chi connectivity index (χ0v) is 16.3. The largest absolute Gasteiger partial charge is 0.371 e. The molecule has 1 saturated heterocycles. The fourth-order valence-electron chi connectivity index (χ4n) is 4.09. The van der Waals surface area contributed by atoms with Gasteiger partial charge in [0.05, 0.1) is 18.8 Å². The van der Waals surface area contributed by atoms with E-state index in [-0.39, 0.29) is 18.4 Å². The van der Waals surface area contributed by atoms with E-state index in [4.69, 9.17) is 9.47 Å². The van der Waals surface area contributed by atoms with Crippen molar-refractivity contribution in [3.8, 4) is 0 Å². The number of benzene rings is 2. The zero-order chi connectivity index (χ0) is 18.8. The lowest BCUT2D eigenvalue weighted by Gasteiger charge is -2.41. The van der Waals surface area contributed by atoms with Gasteiger partial charge >= 0.3 is 0 Å². The molecule has 1 fully saturated rings. The average molecular weight is 364 g/mol. The molecule has 0 saturated carbocycles. The molecule has 4 heteroatoms. The number of rotatable bonds is 4. The molecule has 4 nitrogen and oxygen atoms in total. The van der Waals surface area contributed by atoms with Gasteiger partial charge in [-0.3, -0.25) is 4.90 Å². The van der Waals surface area contributed by atoms with Crippen molar-refractivity contribution in [3.05, 3.63) is 59.7 Å². The van der Waals surface area contributed by atoms with Gasteiger partial charge in [0.25, 0.3) is 0 Å². The Morgan fingerprint density at radius 1 is 1.00 bits per heavy atom. The summed E-state index contributed by atoms with van der Waals surface area (Å²) in [5.74, 6) is 0. The molecule has 0 spiro atoms. The van der Waals surface area contributed by atoms with Gasteiger partial charge in [0.2, 0.25) is 0 Å². The maximum absolute atomic E-state index is 6.33. The molecule has 0 bridgehead atoms. The highest BCUT2D eigenvalue weighted by Crippen LogP contribution is 2.36. The van der Waals surface area contributed by atoms with Crippen LogP contribution in [0.3, 0.4) is 0 Å². The van der Waals surface area contributed by atoms with Crippen LogP contribution in [0.25, 0.3) is 12.2 Å². The quantitative estimate of drug-likeness (QED) is 0.803. The van der Waals surface area contributed by atoms with Crippen molar-refractivity contribution in [2.75, 3.05) is 31.6 Å². The van der Waals surface area contributed by atoms with E-state index in [2.05, 4.69) is 84.3 Å². The van der Waals surface area contributed by atoms with Gasteiger partial charge in [-0.15, -0.1) is 0 Å². The number of anilines is 2. The maximum Gasteiger partial charge on any atom is 0.107 e. The van der Waals surface area contributed by atoms with Gasteiger partial charge in [0, 0.05) is 31.6 Å². The van der Waals surface area contributed by atoms with Crippen molar-refractivity contribution in [1.29, 1.82) is 0 Å². The van der Waals surface area contributed by atoms with E-state index in [9.17, 15) is 0 Å². The summed E-state index contributed by atoms with van der Waals surface area (Å²) in [5, 5.41) is 0. The van der Waals surface area contributed by atoms with E-state index in [0.29, 0.717) is 0 Å². The van der Waals surface area contributed by atoms with E-state index < -0.39 is 0 Å². The first kappa shape index (κ1) is 18.2. The summed E-state index contributed by atoms with van der Waals surface area (Å²) >= 11 is 0. The lowest BCUT2D eigenvalue weighted by molar-refractivity contribution is -0.126. The smallest absolute Gasteiger partial charge is 0.107 e. The minimum Gasteiger partial charge on any atom is -0.371 e. The molecule has 3 atom stereocenters. The number of hydrogen-bond acceptors (Lipinski definition) is 4. The van der Waals surface area contributed by atoms with Crippen LogP contribution in [-0.2, 0) is 9.47 Å². The van der Waals surface area contributed by atoms with E-state index in [1.807, 2.05) is 0 Å². The second kappa shape index (κ2) is 7.85. The van der Waals surface area contributed by atoms with Crippen LogP contribution >= 0.6 is 0 Å². The normalized spacial score (nSPS) is 23.4. The van der Waals surface area contributed by atoms with Crippen molar-refractivity contribution in [2.45, 2.75) is 32.3 Å². The second-order valence-electron chi connectivity index (χ2n) is 7.42. The van der Waals surface area contributed by atoms with Crippen molar-refractivity contribution in [2.24, 2.45) is 0 Å². The molecular weight excluding hydrogens is 336 g/mol. The Labute approximate surface area is 162 Å². The third-order valence-electron chi connectivity index (χ3n) is 5.49. The SMILES string of the molecule is COC(C)N1CC(C)OC(CN2c3ccccc3C=Cc3ccccc32)C1. The summed E-state index contributed by atoms with van der Waals surface area (Å²) in [5.41, 5.74) is 4.93. The van der Waals surface area contributed by atoms with Crippen LogP contribution in [0, 0.1) is 0 Å². The van der Waals surface area contributed by atoms with Crippen LogP contribution in [0.1, 0.15) is 25.0 Å². The third-order valence-corrected chi connectivity index (χ3v) is 5.49. The molecule has 2 aromatic carbocycles. The van der Waals surface area contributed by atoms with Crippen LogP contribution in [0.4, 0.5) is 11.4 Å². The molecule has 2 heterocycles. The fraction of sp³-hybridized carbons (Fsp3) is 0.391. The zero-order valence-electron chi connectivity index (χ0n) is 16.3.